The Labute approximate surface area is 144 Å². The van der Waals surface area contributed by atoms with E-state index in [1.54, 1.807) is 19.2 Å². The number of aryl methyl sites for hydroxylation is 1. The van der Waals surface area contributed by atoms with Crippen LogP contribution in [0.5, 0.6) is 5.88 Å². The zero-order valence-corrected chi connectivity index (χ0v) is 14.3. The first-order valence-corrected chi connectivity index (χ1v) is 9.22. The zero-order chi connectivity index (χ0) is 18.0. The molecule has 1 aromatic carbocycles. The Morgan fingerprint density at radius 1 is 1.20 bits per heavy atom. The number of hydrogen-bond donors (Lipinski definition) is 0. The summed E-state index contributed by atoms with van der Waals surface area (Å²) in [5.41, 5.74) is 0. The van der Waals surface area contributed by atoms with Crippen LogP contribution in [0.1, 0.15) is 18.7 Å². The summed E-state index contributed by atoms with van der Waals surface area (Å²) in [5.74, 6) is -0.738. The van der Waals surface area contributed by atoms with E-state index >= 15 is 0 Å². The Bertz CT molecular complexity index is 869. The van der Waals surface area contributed by atoms with Crippen LogP contribution in [0.4, 0.5) is 8.78 Å². The SMILES string of the molecule is Cc1nccc(OC2CCN(S(=O)(=O)c3cc(F)ccc3F)CC2)n1. The molecule has 0 saturated carbocycles. The minimum absolute atomic E-state index is 0.160. The van der Waals surface area contributed by atoms with E-state index in [1.807, 2.05) is 0 Å². The lowest BCUT2D eigenvalue weighted by Gasteiger charge is -2.31. The predicted octanol–water partition coefficient (Wildman–Crippen LogP) is 2.30. The molecule has 2 aromatic rings. The van der Waals surface area contributed by atoms with Crippen molar-refractivity contribution < 1.29 is 21.9 Å². The molecule has 0 aliphatic carbocycles. The monoisotopic (exact) mass is 369 g/mol. The molecular formula is C16H17F2N3O3S. The van der Waals surface area contributed by atoms with E-state index in [0.29, 0.717) is 30.6 Å². The normalized spacial score (nSPS) is 16.8. The standard InChI is InChI=1S/C16H17F2N3O3S/c1-11-19-7-4-16(20-11)24-13-5-8-21(9-6-13)25(22,23)15-10-12(17)2-3-14(15)18/h2-4,7,10,13H,5-6,8-9H2,1H3. The average Bonchev–Trinajstić information content (AvgIpc) is 2.57. The third-order valence-corrected chi connectivity index (χ3v) is 5.86. The first-order chi connectivity index (χ1) is 11.9. The summed E-state index contributed by atoms with van der Waals surface area (Å²) in [6.45, 7) is 2.07. The molecule has 1 aliphatic heterocycles. The van der Waals surface area contributed by atoms with Crippen LogP contribution in [0.15, 0.2) is 35.4 Å². The van der Waals surface area contributed by atoms with Gasteiger partial charge in [-0.15, -0.1) is 0 Å². The molecule has 2 heterocycles. The molecule has 0 atom stereocenters. The summed E-state index contributed by atoms with van der Waals surface area (Å²) in [4.78, 5) is 7.49. The van der Waals surface area contributed by atoms with Gasteiger partial charge in [-0.2, -0.15) is 9.29 Å². The molecule has 6 nitrogen and oxygen atoms in total. The van der Waals surface area contributed by atoms with Crippen LogP contribution in [0.2, 0.25) is 0 Å². The van der Waals surface area contributed by atoms with Crippen LogP contribution in [0.3, 0.4) is 0 Å². The van der Waals surface area contributed by atoms with E-state index in [-0.39, 0.29) is 19.2 Å². The van der Waals surface area contributed by atoms with E-state index in [1.165, 1.54) is 0 Å². The van der Waals surface area contributed by atoms with E-state index in [4.69, 9.17) is 4.74 Å². The van der Waals surface area contributed by atoms with Crippen molar-refractivity contribution in [3.05, 3.63) is 47.9 Å². The van der Waals surface area contributed by atoms with Crippen LogP contribution >= 0.6 is 0 Å². The van der Waals surface area contributed by atoms with Crippen LogP contribution in [-0.4, -0.2) is 41.9 Å². The van der Waals surface area contributed by atoms with E-state index in [2.05, 4.69) is 9.97 Å². The lowest BCUT2D eigenvalue weighted by Crippen LogP contribution is -2.42. The van der Waals surface area contributed by atoms with Gasteiger partial charge < -0.3 is 4.74 Å². The molecular weight excluding hydrogens is 352 g/mol. The highest BCUT2D eigenvalue weighted by Crippen LogP contribution is 2.25. The smallest absolute Gasteiger partial charge is 0.246 e. The number of rotatable bonds is 4. The minimum atomic E-state index is -4.08. The Hall–Kier alpha value is -2.13. The van der Waals surface area contributed by atoms with Crippen LogP contribution in [0, 0.1) is 18.6 Å². The molecule has 0 amide bonds. The Kier molecular flexibility index (Phi) is 4.96. The largest absolute Gasteiger partial charge is 0.474 e. The number of ether oxygens (including phenoxy) is 1. The lowest BCUT2D eigenvalue weighted by molar-refractivity contribution is 0.129. The second-order valence-corrected chi connectivity index (χ2v) is 7.64. The van der Waals surface area contributed by atoms with Gasteiger partial charge in [0.25, 0.3) is 0 Å². The van der Waals surface area contributed by atoms with Crippen molar-refractivity contribution >= 4 is 10.0 Å². The number of sulfonamides is 1. The molecule has 0 radical (unpaired) electrons. The highest BCUT2D eigenvalue weighted by Gasteiger charge is 2.32. The third kappa shape index (κ3) is 3.93. The van der Waals surface area contributed by atoms with Crippen LogP contribution in [0.25, 0.3) is 0 Å². The van der Waals surface area contributed by atoms with Gasteiger partial charge in [-0.3, -0.25) is 0 Å². The van der Waals surface area contributed by atoms with Crippen molar-refractivity contribution in [3.8, 4) is 5.88 Å². The summed E-state index contributed by atoms with van der Waals surface area (Å²) in [6, 6.07) is 4.04. The van der Waals surface area contributed by atoms with Crippen molar-refractivity contribution in [1.29, 1.82) is 0 Å². The summed E-state index contributed by atoms with van der Waals surface area (Å²) < 4.78 is 59.1. The number of piperidine rings is 1. The highest BCUT2D eigenvalue weighted by atomic mass is 32.2. The molecule has 0 N–H and O–H groups in total. The molecule has 1 aliphatic rings. The van der Waals surface area contributed by atoms with Gasteiger partial charge >= 0.3 is 0 Å². The molecule has 0 bridgehead atoms. The maximum absolute atomic E-state index is 13.8. The molecule has 134 valence electrons. The molecule has 0 unspecified atom stereocenters. The average molecular weight is 369 g/mol. The fraction of sp³-hybridized carbons (Fsp3) is 0.375. The van der Waals surface area contributed by atoms with Crippen molar-refractivity contribution in [2.24, 2.45) is 0 Å². The van der Waals surface area contributed by atoms with Gasteiger partial charge in [0.1, 0.15) is 28.5 Å². The molecule has 9 heteroatoms. The molecule has 25 heavy (non-hydrogen) atoms. The van der Waals surface area contributed by atoms with Gasteiger partial charge in [0.05, 0.1) is 0 Å². The second kappa shape index (κ2) is 7.01. The number of nitrogens with zero attached hydrogens (tertiary/aromatic N) is 3. The van der Waals surface area contributed by atoms with Gasteiger partial charge in [0, 0.05) is 25.4 Å². The quantitative estimate of drug-likeness (QED) is 0.827. The number of aromatic nitrogens is 2. The first kappa shape index (κ1) is 17.7. The number of hydrogen-bond acceptors (Lipinski definition) is 5. The molecule has 0 spiro atoms. The van der Waals surface area contributed by atoms with E-state index < -0.39 is 26.6 Å². The van der Waals surface area contributed by atoms with Gasteiger partial charge in [-0.1, -0.05) is 0 Å². The van der Waals surface area contributed by atoms with Crippen molar-refractivity contribution in [1.82, 2.24) is 14.3 Å². The lowest BCUT2D eigenvalue weighted by atomic mass is 10.1. The number of benzene rings is 1. The van der Waals surface area contributed by atoms with E-state index in [0.717, 1.165) is 16.4 Å². The van der Waals surface area contributed by atoms with Crippen molar-refractivity contribution in [3.63, 3.8) is 0 Å². The van der Waals surface area contributed by atoms with Crippen LogP contribution in [-0.2, 0) is 10.0 Å². The molecule has 1 saturated heterocycles. The molecule has 1 fully saturated rings. The van der Waals surface area contributed by atoms with Crippen LogP contribution < -0.4 is 4.74 Å². The van der Waals surface area contributed by atoms with Crippen molar-refractivity contribution in [2.75, 3.05) is 13.1 Å². The Balaban J connectivity index is 1.68. The summed E-state index contributed by atoms with van der Waals surface area (Å²) in [6.07, 6.45) is 2.25. The topological polar surface area (TPSA) is 72.4 Å². The van der Waals surface area contributed by atoms with Gasteiger partial charge in [-0.25, -0.2) is 22.2 Å². The third-order valence-electron chi connectivity index (χ3n) is 3.95. The maximum atomic E-state index is 13.8. The Morgan fingerprint density at radius 2 is 1.92 bits per heavy atom. The summed E-state index contributed by atoms with van der Waals surface area (Å²) in [5, 5.41) is 0. The minimum Gasteiger partial charge on any atom is -0.474 e. The second-order valence-electron chi connectivity index (χ2n) is 5.74. The fourth-order valence-electron chi connectivity index (χ4n) is 2.68. The molecule has 3 rings (SSSR count). The molecule has 1 aromatic heterocycles. The van der Waals surface area contributed by atoms with Gasteiger partial charge in [-0.05, 0) is 38.0 Å². The Morgan fingerprint density at radius 3 is 2.60 bits per heavy atom. The first-order valence-electron chi connectivity index (χ1n) is 7.78. The summed E-state index contributed by atoms with van der Waals surface area (Å²) >= 11 is 0. The predicted molar refractivity (Wildman–Crippen MR) is 85.5 cm³/mol. The van der Waals surface area contributed by atoms with Gasteiger partial charge in [0.2, 0.25) is 15.9 Å². The zero-order valence-electron chi connectivity index (χ0n) is 13.5. The highest BCUT2D eigenvalue weighted by molar-refractivity contribution is 7.89. The fourth-order valence-corrected chi connectivity index (χ4v) is 4.22. The summed E-state index contributed by atoms with van der Waals surface area (Å²) in [7, 11) is -4.08. The van der Waals surface area contributed by atoms with E-state index in [9.17, 15) is 17.2 Å². The van der Waals surface area contributed by atoms with Gasteiger partial charge in [0.15, 0.2) is 0 Å². The van der Waals surface area contributed by atoms with Crippen molar-refractivity contribution in [2.45, 2.75) is 30.8 Å². The maximum Gasteiger partial charge on any atom is 0.246 e. The number of halogens is 2.